The molecule has 0 bridgehead atoms. The van der Waals surface area contributed by atoms with Gasteiger partial charge in [-0.3, -0.25) is 9.59 Å². The number of fused-ring (bicyclic) bond motifs is 1. The molecule has 2 aliphatic rings. The average Bonchev–Trinajstić information content (AvgIpc) is 3.33. The van der Waals surface area contributed by atoms with E-state index in [1.807, 2.05) is 23.1 Å². The number of anilines is 1. The van der Waals surface area contributed by atoms with Gasteiger partial charge in [0.25, 0.3) is 5.91 Å². The summed E-state index contributed by atoms with van der Waals surface area (Å²) in [7, 11) is 0. The molecule has 3 rings (SSSR count). The Morgan fingerprint density at radius 2 is 2.00 bits per heavy atom. The highest BCUT2D eigenvalue weighted by Crippen LogP contribution is 2.36. The molecule has 1 fully saturated rings. The second-order valence-electron chi connectivity index (χ2n) is 6.27. The molecule has 2 unspecified atom stereocenters. The zero-order valence-electron chi connectivity index (χ0n) is 12.6. The maximum absolute atomic E-state index is 12.9. The van der Waals surface area contributed by atoms with Crippen molar-refractivity contribution >= 4 is 17.5 Å². The first-order valence-corrected chi connectivity index (χ1v) is 7.83. The van der Waals surface area contributed by atoms with Crippen molar-refractivity contribution in [2.45, 2.75) is 39.2 Å². The van der Waals surface area contributed by atoms with E-state index in [4.69, 9.17) is 0 Å². The van der Waals surface area contributed by atoms with E-state index >= 15 is 0 Å². The number of rotatable bonds is 4. The molecule has 1 aromatic carbocycles. The first-order chi connectivity index (χ1) is 10.1. The van der Waals surface area contributed by atoms with Crippen LogP contribution in [0.3, 0.4) is 0 Å². The molecular weight excluding hydrogens is 264 g/mol. The highest BCUT2D eigenvalue weighted by Gasteiger charge is 2.42. The molecule has 1 heterocycles. The van der Waals surface area contributed by atoms with Crippen LogP contribution < -0.4 is 10.2 Å². The normalized spacial score (nSPS) is 23.3. The number of carbonyl (C=O) groups excluding carboxylic acids is 2. The zero-order chi connectivity index (χ0) is 15.0. The van der Waals surface area contributed by atoms with Crippen LogP contribution in [0.1, 0.15) is 43.5 Å². The minimum Gasteiger partial charge on any atom is -0.340 e. The largest absolute Gasteiger partial charge is 0.340 e. The van der Waals surface area contributed by atoms with Gasteiger partial charge in [0, 0.05) is 6.54 Å². The Labute approximate surface area is 125 Å². The van der Waals surface area contributed by atoms with Gasteiger partial charge < -0.3 is 10.2 Å². The van der Waals surface area contributed by atoms with Gasteiger partial charge in [-0.15, -0.1) is 0 Å². The minimum atomic E-state index is -0.353. The van der Waals surface area contributed by atoms with Gasteiger partial charge in [-0.05, 0) is 36.8 Å². The molecule has 1 saturated carbocycles. The number of nitrogens with one attached hydrogen (secondary N) is 1. The molecule has 0 aromatic heterocycles. The Bertz CT molecular complexity index is 566. The van der Waals surface area contributed by atoms with Crippen LogP contribution in [-0.4, -0.2) is 24.4 Å². The highest BCUT2D eigenvalue weighted by molar-refractivity contribution is 6.11. The van der Waals surface area contributed by atoms with Crippen molar-refractivity contribution in [3.8, 4) is 0 Å². The van der Waals surface area contributed by atoms with E-state index in [9.17, 15) is 9.59 Å². The highest BCUT2D eigenvalue weighted by atomic mass is 16.2. The molecule has 4 nitrogen and oxygen atoms in total. The lowest BCUT2D eigenvalue weighted by molar-refractivity contribution is -0.120. The van der Waals surface area contributed by atoms with Gasteiger partial charge >= 0.3 is 0 Å². The minimum absolute atomic E-state index is 0.0519. The molecule has 0 saturated heterocycles. The molecule has 1 N–H and O–H groups in total. The lowest BCUT2D eigenvalue weighted by atomic mass is 10.1. The van der Waals surface area contributed by atoms with Gasteiger partial charge in [-0.1, -0.05) is 32.4 Å². The fourth-order valence-corrected chi connectivity index (χ4v) is 2.85. The molecule has 4 heteroatoms. The third-order valence-electron chi connectivity index (χ3n) is 4.54. The quantitative estimate of drug-likeness (QED) is 0.925. The van der Waals surface area contributed by atoms with Crippen LogP contribution in [0.2, 0.25) is 0 Å². The number of hydrogen-bond donors (Lipinski definition) is 1. The summed E-state index contributed by atoms with van der Waals surface area (Å²) in [6.07, 6.45) is 3.08. The monoisotopic (exact) mass is 286 g/mol. The van der Waals surface area contributed by atoms with Crippen LogP contribution in [0.15, 0.2) is 24.3 Å². The molecular formula is C17H22N2O2. The predicted molar refractivity (Wildman–Crippen MR) is 82.2 cm³/mol. The third kappa shape index (κ3) is 2.67. The average molecular weight is 286 g/mol. The first-order valence-electron chi connectivity index (χ1n) is 7.83. The van der Waals surface area contributed by atoms with Gasteiger partial charge in [0.15, 0.2) is 0 Å². The number of nitrogens with zero attached hydrogens (tertiary/aromatic N) is 1. The Kier molecular flexibility index (Phi) is 3.70. The Morgan fingerprint density at radius 1 is 1.29 bits per heavy atom. The lowest BCUT2D eigenvalue weighted by Crippen LogP contribution is -2.48. The summed E-state index contributed by atoms with van der Waals surface area (Å²) in [5.41, 5.74) is 1.36. The molecule has 2 amide bonds. The SMILES string of the molecule is CCC(C)CN1C(=O)C(C2CC2)NC(=O)c2ccccc21. The molecule has 1 aliphatic heterocycles. The summed E-state index contributed by atoms with van der Waals surface area (Å²) in [6, 6.07) is 7.07. The number of para-hydroxylation sites is 1. The maximum atomic E-state index is 12.9. The fraction of sp³-hybridized carbons (Fsp3) is 0.529. The summed E-state index contributed by atoms with van der Waals surface area (Å²) >= 11 is 0. The summed E-state index contributed by atoms with van der Waals surface area (Å²) in [5, 5.41) is 2.94. The Balaban J connectivity index is 2.00. The summed E-state index contributed by atoms with van der Waals surface area (Å²) in [5.74, 6) is 0.656. The molecule has 112 valence electrons. The van der Waals surface area contributed by atoms with Crippen LogP contribution in [0.4, 0.5) is 5.69 Å². The smallest absolute Gasteiger partial charge is 0.254 e. The molecule has 2 atom stereocenters. The van der Waals surface area contributed by atoms with Crippen molar-refractivity contribution in [3.63, 3.8) is 0 Å². The molecule has 1 aliphatic carbocycles. The second-order valence-corrected chi connectivity index (χ2v) is 6.27. The molecule has 0 radical (unpaired) electrons. The molecule has 0 spiro atoms. The molecule has 21 heavy (non-hydrogen) atoms. The van der Waals surface area contributed by atoms with Crippen molar-refractivity contribution in [1.29, 1.82) is 0 Å². The first kappa shape index (κ1) is 14.1. The second kappa shape index (κ2) is 5.51. The van der Waals surface area contributed by atoms with Gasteiger partial charge in [0.05, 0.1) is 11.3 Å². The number of benzene rings is 1. The standard InChI is InChI=1S/C17H22N2O2/c1-3-11(2)10-19-14-7-5-4-6-13(14)16(20)18-15(17(19)21)12-8-9-12/h4-7,11-12,15H,3,8-10H2,1-2H3,(H,18,20). The Morgan fingerprint density at radius 3 is 2.67 bits per heavy atom. The van der Waals surface area contributed by atoms with Crippen molar-refractivity contribution in [2.75, 3.05) is 11.4 Å². The Hall–Kier alpha value is -1.84. The lowest BCUT2D eigenvalue weighted by Gasteiger charge is -2.27. The van der Waals surface area contributed by atoms with E-state index in [1.165, 1.54) is 0 Å². The van der Waals surface area contributed by atoms with E-state index in [0.29, 0.717) is 23.9 Å². The van der Waals surface area contributed by atoms with E-state index < -0.39 is 0 Å². The molecule has 1 aromatic rings. The van der Waals surface area contributed by atoms with Crippen LogP contribution in [-0.2, 0) is 4.79 Å². The van der Waals surface area contributed by atoms with E-state index in [-0.39, 0.29) is 17.9 Å². The van der Waals surface area contributed by atoms with Gasteiger partial charge in [0.1, 0.15) is 6.04 Å². The predicted octanol–water partition coefficient (Wildman–Crippen LogP) is 2.59. The van der Waals surface area contributed by atoms with E-state index in [2.05, 4.69) is 19.2 Å². The van der Waals surface area contributed by atoms with Crippen molar-refractivity contribution in [3.05, 3.63) is 29.8 Å². The summed E-state index contributed by atoms with van der Waals surface area (Å²) < 4.78 is 0. The van der Waals surface area contributed by atoms with Crippen LogP contribution in [0, 0.1) is 11.8 Å². The number of carbonyl (C=O) groups is 2. The summed E-state index contributed by atoms with van der Waals surface area (Å²) in [6.45, 7) is 4.94. The zero-order valence-corrected chi connectivity index (χ0v) is 12.6. The van der Waals surface area contributed by atoms with Gasteiger partial charge in [-0.25, -0.2) is 0 Å². The van der Waals surface area contributed by atoms with E-state index in [1.54, 1.807) is 6.07 Å². The van der Waals surface area contributed by atoms with Crippen LogP contribution in [0.25, 0.3) is 0 Å². The fourth-order valence-electron chi connectivity index (χ4n) is 2.85. The van der Waals surface area contributed by atoms with Crippen molar-refractivity contribution in [2.24, 2.45) is 11.8 Å². The number of amides is 2. The van der Waals surface area contributed by atoms with Crippen LogP contribution in [0.5, 0.6) is 0 Å². The van der Waals surface area contributed by atoms with Crippen molar-refractivity contribution in [1.82, 2.24) is 5.32 Å². The summed E-state index contributed by atoms with van der Waals surface area (Å²) in [4.78, 5) is 27.1. The maximum Gasteiger partial charge on any atom is 0.254 e. The topological polar surface area (TPSA) is 49.4 Å². The van der Waals surface area contributed by atoms with Crippen LogP contribution >= 0.6 is 0 Å². The third-order valence-corrected chi connectivity index (χ3v) is 4.54. The van der Waals surface area contributed by atoms with E-state index in [0.717, 1.165) is 24.9 Å². The van der Waals surface area contributed by atoms with Gasteiger partial charge in [0.2, 0.25) is 5.91 Å². The number of hydrogen-bond acceptors (Lipinski definition) is 2. The van der Waals surface area contributed by atoms with Crippen molar-refractivity contribution < 1.29 is 9.59 Å². The van der Waals surface area contributed by atoms with Gasteiger partial charge in [-0.2, -0.15) is 0 Å².